The third-order valence-corrected chi connectivity index (χ3v) is 5.42. The molecule has 0 spiro atoms. The highest BCUT2D eigenvalue weighted by atomic mass is 32.2. The second-order valence-corrected chi connectivity index (χ2v) is 10.3. The smallest absolute Gasteiger partial charge is 0.254 e. The molecule has 2 rings (SSSR count). The van der Waals surface area contributed by atoms with Gasteiger partial charge < -0.3 is 19.6 Å². The fraction of sp³-hybridized carbons (Fsp3) is 0.636. The maximum Gasteiger partial charge on any atom is 0.254 e. The lowest BCUT2D eigenvalue weighted by Crippen LogP contribution is -2.44. The lowest BCUT2D eigenvalue weighted by molar-refractivity contribution is -0.134. The Morgan fingerprint density at radius 2 is 1.86 bits per heavy atom. The first-order valence-electron chi connectivity index (χ1n) is 9.93. The minimum Gasteiger partial charge on any atom is -0.389 e. The van der Waals surface area contributed by atoms with Gasteiger partial charge in [0.2, 0.25) is 5.91 Å². The Kier molecular flexibility index (Phi) is 7.76. The Balaban J connectivity index is 2.08. The summed E-state index contributed by atoms with van der Waals surface area (Å²) in [6, 6.07) is 7.45. The molecule has 1 unspecified atom stereocenters. The van der Waals surface area contributed by atoms with Crippen molar-refractivity contribution in [3.05, 3.63) is 29.8 Å². The van der Waals surface area contributed by atoms with Crippen molar-refractivity contribution in [1.82, 2.24) is 9.80 Å². The molecule has 1 aromatic rings. The van der Waals surface area contributed by atoms with Gasteiger partial charge in [0, 0.05) is 30.1 Å². The fourth-order valence-corrected chi connectivity index (χ4v) is 3.78. The third kappa shape index (κ3) is 7.32. The van der Waals surface area contributed by atoms with Crippen LogP contribution in [0.25, 0.3) is 0 Å². The predicted octanol–water partition coefficient (Wildman–Crippen LogP) is 2.90. The summed E-state index contributed by atoms with van der Waals surface area (Å²) in [5.41, 5.74) is -0.0533. The van der Waals surface area contributed by atoms with Crippen LogP contribution in [0.15, 0.2) is 29.2 Å². The monoisotopic (exact) mass is 422 g/mol. The van der Waals surface area contributed by atoms with Crippen molar-refractivity contribution in [3.63, 3.8) is 0 Å². The van der Waals surface area contributed by atoms with Crippen LogP contribution in [-0.4, -0.2) is 77.5 Å². The summed E-state index contributed by atoms with van der Waals surface area (Å²) in [7, 11) is 0. The number of nitrogens with zero attached hydrogens (tertiary/aromatic N) is 2. The molecule has 6 nitrogen and oxygen atoms in total. The van der Waals surface area contributed by atoms with Crippen molar-refractivity contribution in [2.45, 2.75) is 51.2 Å². The van der Waals surface area contributed by atoms with E-state index in [0.717, 1.165) is 4.90 Å². The van der Waals surface area contributed by atoms with E-state index in [0.29, 0.717) is 18.7 Å². The highest BCUT2D eigenvalue weighted by Crippen LogP contribution is 2.25. The van der Waals surface area contributed by atoms with Gasteiger partial charge in [-0.15, -0.1) is 11.8 Å². The van der Waals surface area contributed by atoms with Gasteiger partial charge in [0.15, 0.2) is 0 Å². The molecule has 0 radical (unpaired) electrons. The predicted molar refractivity (Wildman–Crippen MR) is 116 cm³/mol. The van der Waals surface area contributed by atoms with Gasteiger partial charge in [0.05, 0.1) is 18.3 Å². The molecule has 0 bridgehead atoms. The third-order valence-electron chi connectivity index (χ3n) is 4.68. The van der Waals surface area contributed by atoms with Crippen LogP contribution in [0.1, 0.15) is 45.0 Å². The number of hydrogen-bond donors (Lipinski definition) is 1. The molecule has 1 fully saturated rings. The summed E-state index contributed by atoms with van der Waals surface area (Å²) in [4.78, 5) is 30.2. The molecule has 1 N–H and O–H groups in total. The SMILES string of the molecule is CSc1ccc(C(=O)N2CC(=O)N(CC(O)COC(C)(C)C)CC(C)(C)C2)cc1. The summed E-state index contributed by atoms with van der Waals surface area (Å²) in [5, 5.41) is 10.3. The molecule has 162 valence electrons. The van der Waals surface area contributed by atoms with E-state index in [1.54, 1.807) is 21.6 Å². The molecule has 7 heteroatoms. The molecule has 1 atom stereocenters. The van der Waals surface area contributed by atoms with Crippen LogP contribution in [0, 0.1) is 5.41 Å². The van der Waals surface area contributed by atoms with Gasteiger partial charge in [0.25, 0.3) is 5.91 Å². The molecule has 1 aromatic carbocycles. The van der Waals surface area contributed by atoms with E-state index in [1.807, 2.05) is 65.1 Å². The summed E-state index contributed by atoms with van der Waals surface area (Å²) < 4.78 is 5.63. The molecule has 1 aliphatic heterocycles. The van der Waals surface area contributed by atoms with E-state index in [4.69, 9.17) is 4.74 Å². The van der Waals surface area contributed by atoms with Gasteiger partial charge >= 0.3 is 0 Å². The number of carbonyl (C=O) groups excluding carboxylic acids is 2. The first kappa shape index (κ1) is 23.7. The van der Waals surface area contributed by atoms with E-state index in [1.165, 1.54) is 0 Å². The quantitative estimate of drug-likeness (QED) is 0.714. The molecule has 1 aliphatic rings. The van der Waals surface area contributed by atoms with Crippen LogP contribution in [-0.2, 0) is 9.53 Å². The summed E-state index contributed by atoms with van der Waals surface area (Å²) >= 11 is 1.62. The molecule has 1 heterocycles. The molecular formula is C22H34N2O4S. The van der Waals surface area contributed by atoms with Crippen molar-refractivity contribution in [2.24, 2.45) is 5.41 Å². The van der Waals surface area contributed by atoms with Gasteiger partial charge in [0.1, 0.15) is 6.54 Å². The van der Waals surface area contributed by atoms with E-state index < -0.39 is 6.10 Å². The van der Waals surface area contributed by atoms with E-state index in [2.05, 4.69) is 0 Å². The molecule has 0 aliphatic carbocycles. The maximum absolute atomic E-state index is 13.0. The lowest BCUT2D eigenvalue weighted by atomic mass is 9.92. The second kappa shape index (κ2) is 9.49. The minimum absolute atomic E-state index is 0.0133. The molecule has 1 saturated heterocycles. The normalized spacial score (nSPS) is 18.5. The van der Waals surface area contributed by atoms with Gasteiger partial charge in [-0.2, -0.15) is 0 Å². The van der Waals surface area contributed by atoms with E-state index >= 15 is 0 Å². The summed E-state index contributed by atoms with van der Waals surface area (Å²) in [5.74, 6) is -0.294. The number of carbonyl (C=O) groups is 2. The zero-order chi connectivity index (χ0) is 21.8. The zero-order valence-corrected chi connectivity index (χ0v) is 19.2. The zero-order valence-electron chi connectivity index (χ0n) is 18.4. The lowest BCUT2D eigenvalue weighted by Gasteiger charge is -2.32. The highest BCUT2D eigenvalue weighted by Gasteiger charge is 2.35. The molecule has 0 aromatic heterocycles. The topological polar surface area (TPSA) is 70.1 Å². The molecular weight excluding hydrogens is 388 g/mol. The standard InChI is InChI=1S/C22H34N2O4S/c1-21(2,3)28-13-17(25)11-23-14-22(4,5)15-24(12-19(23)26)20(27)16-7-9-18(29-6)10-8-16/h7-10,17,25H,11-15H2,1-6H3. The molecule has 0 saturated carbocycles. The average molecular weight is 423 g/mol. The van der Waals surface area contributed by atoms with Crippen LogP contribution in [0.3, 0.4) is 0 Å². The van der Waals surface area contributed by atoms with Gasteiger partial charge in [-0.1, -0.05) is 13.8 Å². The van der Waals surface area contributed by atoms with Crippen molar-refractivity contribution in [3.8, 4) is 0 Å². The Morgan fingerprint density at radius 1 is 1.24 bits per heavy atom. The minimum atomic E-state index is -0.768. The fourth-order valence-electron chi connectivity index (χ4n) is 3.37. The highest BCUT2D eigenvalue weighted by molar-refractivity contribution is 7.98. The molecule has 29 heavy (non-hydrogen) atoms. The van der Waals surface area contributed by atoms with Crippen molar-refractivity contribution in [1.29, 1.82) is 0 Å². The summed E-state index contributed by atoms with van der Waals surface area (Å²) in [6.07, 6.45) is 1.22. The Labute approximate surface area is 178 Å². The average Bonchev–Trinajstić information content (AvgIpc) is 2.74. The van der Waals surface area contributed by atoms with Crippen LogP contribution in [0.4, 0.5) is 0 Å². The number of benzene rings is 1. The van der Waals surface area contributed by atoms with Gasteiger partial charge in [-0.3, -0.25) is 9.59 Å². The number of aliphatic hydroxyl groups excluding tert-OH is 1. The number of hydrogen-bond acceptors (Lipinski definition) is 5. The Morgan fingerprint density at radius 3 is 2.41 bits per heavy atom. The first-order valence-corrected chi connectivity index (χ1v) is 11.2. The van der Waals surface area contributed by atoms with Crippen LogP contribution >= 0.6 is 11.8 Å². The van der Waals surface area contributed by atoms with Gasteiger partial charge in [-0.05, 0) is 56.7 Å². The Hall–Kier alpha value is -1.57. The number of rotatable bonds is 6. The number of ether oxygens (including phenoxy) is 1. The Bertz CT molecular complexity index is 713. The van der Waals surface area contributed by atoms with E-state index in [9.17, 15) is 14.7 Å². The maximum atomic E-state index is 13.0. The number of β-amino-alcohol motifs (C(OH)–C–C–N with tert-alkyl or cyclic N) is 1. The second-order valence-electron chi connectivity index (χ2n) is 9.41. The van der Waals surface area contributed by atoms with Crippen LogP contribution in [0.5, 0.6) is 0 Å². The van der Waals surface area contributed by atoms with Crippen molar-refractivity contribution >= 4 is 23.6 Å². The van der Waals surface area contributed by atoms with Crippen molar-refractivity contribution < 1.29 is 19.4 Å². The van der Waals surface area contributed by atoms with Crippen LogP contribution < -0.4 is 0 Å². The number of aliphatic hydroxyl groups is 1. The van der Waals surface area contributed by atoms with Crippen molar-refractivity contribution in [2.75, 3.05) is 39.0 Å². The summed E-state index contributed by atoms with van der Waals surface area (Å²) in [6.45, 7) is 11.2. The van der Waals surface area contributed by atoms with E-state index in [-0.39, 0.29) is 42.5 Å². The van der Waals surface area contributed by atoms with Gasteiger partial charge in [-0.25, -0.2) is 0 Å². The van der Waals surface area contributed by atoms with Crippen LogP contribution in [0.2, 0.25) is 0 Å². The largest absolute Gasteiger partial charge is 0.389 e. The molecule has 2 amide bonds. The number of thioether (sulfide) groups is 1. The first-order chi connectivity index (χ1) is 13.4. The number of amides is 2.